The molecule has 0 amide bonds. The van der Waals surface area contributed by atoms with Crippen molar-refractivity contribution in [2.45, 2.75) is 13.8 Å². The molecule has 100 valence electrons. The molecular weight excluding hydrogens is 250 g/mol. The molecule has 1 atom stereocenters. The fourth-order valence-corrected chi connectivity index (χ4v) is 2.05. The fourth-order valence-electron chi connectivity index (χ4n) is 1.09. The maximum Gasteiger partial charge on any atom is 0.322 e. The number of carbonyl (C=O) groups is 2. The molecule has 2 N–H and O–H groups in total. The van der Waals surface area contributed by atoms with Crippen LogP contribution in [0.25, 0.3) is 0 Å². The number of sulfonamides is 1. The summed E-state index contributed by atoms with van der Waals surface area (Å²) in [6.45, 7) is 3.10. The summed E-state index contributed by atoms with van der Waals surface area (Å²) in [5, 5.41) is 8.84. The van der Waals surface area contributed by atoms with Crippen LogP contribution in [0.4, 0.5) is 0 Å². The summed E-state index contributed by atoms with van der Waals surface area (Å²) >= 11 is 0. The van der Waals surface area contributed by atoms with Crippen molar-refractivity contribution < 1.29 is 27.9 Å². The average Bonchev–Trinajstić information content (AvgIpc) is 2.15. The van der Waals surface area contributed by atoms with E-state index in [9.17, 15) is 18.0 Å². The fraction of sp³-hybridized carbons (Fsp3) is 0.778. The molecule has 0 spiro atoms. The number of methoxy groups -OCH3 is 1. The molecule has 0 aromatic carbocycles. The highest BCUT2D eigenvalue weighted by molar-refractivity contribution is 7.90. The zero-order valence-electron chi connectivity index (χ0n) is 9.97. The van der Waals surface area contributed by atoms with E-state index >= 15 is 0 Å². The topological polar surface area (TPSA) is 110 Å². The monoisotopic (exact) mass is 267 g/mol. The summed E-state index contributed by atoms with van der Waals surface area (Å²) in [6, 6.07) is 0. The molecule has 0 heterocycles. The van der Waals surface area contributed by atoms with Crippen molar-refractivity contribution in [3.8, 4) is 0 Å². The lowest BCUT2D eigenvalue weighted by molar-refractivity contribution is -0.143. The van der Waals surface area contributed by atoms with Crippen LogP contribution < -0.4 is 4.72 Å². The number of ether oxygens (including phenoxy) is 1. The lowest BCUT2D eigenvalue weighted by Crippen LogP contribution is -2.38. The van der Waals surface area contributed by atoms with Crippen LogP contribution in [0.2, 0.25) is 0 Å². The minimum absolute atomic E-state index is 0.215. The molecule has 0 rings (SSSR count). The average molecular weight is 267 g/mol. The van der Waals surface area contributed by atoms with Gasteiger partial charge in [-0.15, -0.1) is 0 Å². The van der Waals surface area contributed by atoms with E-state index < -0.39 is 33.6 Å². The first-order chi connectivity index (χ1) is 7.69. The molecule has 0 aliphatic rings. The van der Waals surface area contributed by atoms with Gasteiger partial charge in [-0.2, -0.15) is 0 Å². The number of esters is 1. The Morgan fingerprint density at radius 3 is 2.24 bits per heavy atom. The quantitative estimate of drug-likeness (QED) is 0.598. The van der Waals surface area contributed by atoms with Gasteiger partial charge in [0, 0.05) is 6.54 Å². The number of rotatable bonds is 7. The van der Waals surface area contributed by atoms with E-state index in [1.54, 1.807) is 13.8 Å². The number of hydrogen-bond donors (Lipinski definition) is 2. The van der Waals surface area contributed by atoms with Gasteiger partial charge in [0.25, 0.3) is 0 Å². The van der Waals surface area contributed by atoms with Crippen LogP contribution in [0.5, 0.6) is 0 Å². The van der Waals surface area contributed by atoms with Crippen molar-refractivity contribution in [2.75, 3.05) is 19.4 Å². The summed E-state index contributed by atoms with van der Waals surface area (Å²) in [5.41, 5.74) is 0. The molecule has 17 heavy (non-hydrogen) atoms. The Bertz CT molecular complexity index is 375. The Kier molecular flexibility index (Phi) is 6.11. The highest BCUT2D eigenvalue weighted by Gasteiger charge is 2.24. The van der Waals surface area contributed by atoms with Gasteiger partial charge in [0.15, 0.2) is 5.75 Å². The largest absolute Gasteiger partial charge is 0.481 e. The molecule has 7 nitrogen and oxygen atoms in total. The molecule has 0 aliphatic carbocycles. The molecule has 0 saturated carbocycles. The third-order valence-electron chi connectivity index (χ3n) is 2.18. The summed E-state index contributed by atoms with van der Waals surface area (Å²) < 4.78 is 29.0. The number of nitrogens with one attached hydrogen (secondary N) is 1. The number of hydrogen-bond acceptors (Lipinski definition) is 5. The number of carbonyl (C=O) groups excluding carboxylic acids is 1. The second-order valence-corrected chi connectivity index (χ2v) is 5.68. The molecule has 1 unspecified atom stereocenters. The number of aliphatic carboxylic acids is 1. The standard InChI is InChI=1S/C9H17NO6S/c1-6(2)7(9(12)13)4-10-17(14,15)5-8(11)16-3/h6-7,10H,4-5H2,1-3H3,(H,12,13). The van der Waals surface area contributed by atoms with Crippen LogP contribution >= 0.6 is 0 Å². The Balaban J connectivity index is 4.44. The molecule has 8 heteroatoms. The Labute approximate surface area is 100 Å². The Morgan fingerprint density at radius 2 is 1.88 bits per heavy atom. The first-order valence-corrected chi connectivity index (χ1v) is 6.61. The zero-order chi connectivity index (χ0) is 13.6. The molecule has 0 bridgehead atoms. The van der Waals surface area contributed by atoms with Gasteiger partial charge in [0.2, 0.25) is 10.0 Å². The highest BCUT2D eigenvalue weighted by Crippen LogP contribution is 2.10. The highest BCUT2D eigenvalue weighted by atomic mass is 32.2. The molecule has 0 saturated heterocycles. The minimum Gasteiger partial charge on any atom is -0.481 e. The van der Waals surface area contributed by atoms with Crippen LogP contribution in [0.15, 0.2) is 0 Å². The molecule has 0 radical (unpaired) electrons. The number of carboxylic acid groups (broad SMARTS) is 1. The van der Waals surface area contributed by atoms with E-state index in [-0.39, 0.29) is 12.5 Å². The lowest BCUT2D eigenvalue weighted by Gasteiger charge is -2.16. The van der Waals surface area contributed by atoms with Crippen LogP contribution in [0, 0.1) is 11.8 Å². The van der Waals surface area contributed by atoms with Crippen LogP contribution in [-0.4, -0.2) is 44.9 Å². The van der Waals surface area contributed by atoms with Gasteiger partial charge >= 0.3 is 11.9 Å². The third kappa shape index (κ3) is 6.22. The van der Waals surface area contributed by atoms with Gasteiger partial charge in [-0.1, -0.05) is 13.8 Å². The van der Waals surface area contributed by atoms with E-state index in [1.807, 2.05) is 0 Å². The van der Waals surface area contributed by atoms with Crippen LogP contribution in [-0.2, 0) is 24.3 Å². The van der Waals surface area contributed by atoms with E-state index in [2.05, 4.69) is 9.46 Å². The second-order valence-electron chi connectivity index (χ2n) is 3.87. The minimum atomic E-state index is -3.84. The van der Waals surface area contributed by atoms with Crippen molar-refractivity contribution in [1.29, 1.82) is 0 Å². The van der Waals surface area contributed by atoms with Gasteiger partial charge in [0.05, 0.1) is 13.0 Å². The van der Waals surface area contributed by atoms with Crippen LogP contribution in [0.1, 0.15) is 13.8 Å². The Hall–Kier alpha value is -1.15. The molecule has 0 fully saturated rings. The van der Waals surface area contributed by atoms with Gasteiger partial charge in [-0.05, 0) is 5.92 Å². The summed E-state index contributed by atoms with van der Waals surface area (Å²) in [6.07, 6.45) is 0. The van der Waals surface area contributed by atoms with Crippen molar-refractivity contribution >= 4 is 22.0 Å². The second kappa shape index (κ2) is 6.55. The van der Waals surface area contributed by atoms with Crippen molar-refractivity contribution in [2.24, 2.45) is 11.8 Å². The summed E-state index contributed by atoms with van der Waals surface area (Å²) in [7, 11) is -2.77. The first-order valence-electron chi connectivity index (χ1n) is 4.96. The maximum absolute atomic E-state index is 11.3. The van der Waals surface area contributed by atoms with Gasteiger partial charge in [-0.25, -0.2) is 13.1 Å². The van der Waals surface area contributed by atoms with Crippen molar-refractivity contribution in [1.82, 2.24) is 4.72 Å². The lowest BCUT2D eigenvalue weighted by atomic mass is 9.97. The predicted octanol–water partition coefficient (Wildman–Crippen LogP) is -0.564. The van der Waals surface area contributed by atoms with Crippen molar-refractivity contribution in [3.05, 3.63) is 0 Å². The van der Waals surface area contributed by atoms with E-state index in [1.165, 1.54) is 0 Å². The molecular formula is C9H17NO6S. The third-order valence-corrected chi connectivity index (χ3v) is 3.40. The first kappa shape index (κ1) is 15.9. The van der Waals surface area contributed by atoms with E-state index in [4.69, 9.17) is 5.11 Å². The smallest absolute Gasteiger partial charge is 0.322 e. The molecule has 0 aliphatic heterocycles. The van der Waals surface area contributed by atoms with Gasteiger partial charge in [-0.3, -0.25) is 9.59 Å². The van der Waals surface area contributed by atoms with Crippen molar-refractivity contribution in [3.63, 3.8) is 0 Å². The number of carboxylic acids is 1. The van der Waals surface area contributed by atoms with Crippen LogP contribution in [0.3, 0.4) is 0 Å². The molecule has 0 aromatic rings. The SMILES string of the molecule is COC(=O)CS(=O)(=O)NCC(C(=O)O)C(C)C. The zero-order valence-corrected chi connectivity index (χ0v) is 10.8. The summed E-state index contributed by atoms with van der Waals surface area (Å²) in [4.78, 5) is 21.6. The molecule has 0 aromatic heterocycles. The van der Waals surface area contributed by atoms with Gasteiger partial charge < -0.3 is 9.84 Å². The maximum atomic E-state index is 11.3. The van der Waals surface area contributed by atoms with Gasteiger partial charge in [0.1, 0.15) is 0 Å². The normalized spacial score (nSPS) is 13.4. The summed E-state index contributed by atoms with van der Waals surface area (Å²) in [5.74, 6) is -3.83. The Morgan fingerprint density at radius 1 is 1.35 bits per heavy atom. The van der Waals surface area contributed by atoms with E-state index in [0.29, 0.717) is 0 Å². The van der Waals surface area contributed by atoms with E-state index in [0.717, 1.165) is 7.11 Å². The predicted molar refractivity (Wildman–Crippen MR) is 59.8 cm³/mol.